The molecule has 0 radical (unpaired) electrons. The number of likely N-dealkylation sites (tertiary alicyclic amines) is 1. The summed E-state index contributed by atoms with van der Waals surface area (Å²) in [4.78, 5) is 27.4. The number of hydrogen-bond acceptors (Lipinski definition) is 5. The molecule has 0 spiro atoms. The van der Waals surface area contributed by atoms with Crippen LogP contribution in [0, 0.1) is 0 Å². The Morgan fingerprint density at radius 2 is 1.86 bits per heavy atom. The number of carbonyl (C=O) groups excluding carboxylic acids is 2. The fourth-order valence-electron chi connectivity index (χ4n) is 3.96. The summed E-state index contributed by atoms with van der Waals surface area (Å²) in [6.45, 7) is 0.971. The molecule has 2 heterocycles. The third-order valence-corrected chi connectivity index (χ3v) is 5.44. The molecule has 150 valence electrons. The van der Waals surface area contributed by atoms with Crippen molar-refractivity contribution in [1.82, 2.24) is 4.90 Å². The second kappa shape index (κ2) is 8.09. The lowest BCUT2D eigenvalue weighted by Gasteiger charge is -2.27. The van der Waals surface area contributed by atoms with Crippen LogP contribution >= 0.6 is 0 Å². The second-order valence-electron chi connectivity index (χ2n) is 7.23. The van der Waals surface area contributed by atoms with Gasteiger partial charge in [-0.25, -0.2) is 0 Å². The second-order valence-corrected chi connectivity index (χ2v) is 7.23. The number of hydrogen-bond donors (Lipinski definition) is 1. The van der Waals surface area contributed by atoms with Gasteiger partial charge in [-0.15, -0.1) is 0 Å². The molecule has 0 aliphatic carbocycles. The van der Waals surface area contributed by atoms with E-state index in [-0.39, 0.29) is 17.4 Å². The molecular formula is C23H23NO5. The van der Waals surface area contributed by atoms with E-state index in [1.165, 1.54) is 4.90 Å². The van der Waals surface area contributed by atoms with Crippen LogP contribution in [-0.4, -0.2) is 48.1 Å². The summed E-state index contributed by atoms with van der Waals surface area (Å²) in [6, 6.07) is 15.3. The van der Waals surface area contributed by atoms with E-state index in [0.29, 0.717) is 24.5 Å². The Bertz CT molecular complexity index is 930. The van der Waals surface area contributed by atoms with Crippen molar-refractivity contribution in [3.05, 3.63) is 71.3 Å². The molecule has 29 heavy (non-hydrogen) atoms. The van der Waals surface area contributed by atoms with Gasteiger partial charge in [0, 0.05) is 18.7 Å². The third-order valence-electron chi connectivity index (χ3n) is 5.44. The van der Waals surface area contributed by atoms with E-state index < -0.39 is 17.7 Å². The molecule has 4 rings (SSSR count). The normalized spacial score (nSPS) is 23.6. The lowest BCUT2D eigenvalue weighted by Crippen LogP contribution is -2.36. The highest BCUT2D eigenvalue weighted by Crippen LogP contribution is 2.40. The van der Waals surface area contributed by atoms with Gasteiger partial charge < -0.3 is 19.5 Å². The van der Waals surface area contributed by atoms with Gasteiger partial charge >= 0.3 is 0 Å². The maximum atomic E-state index is 12.9. The topological polar surface area (TPSA) is 76.1 Å². The quantitative estimate of drug-likeness (QED) is 0.479. The first-order valence-electron chi connectivity index (χ1n) is 9.69. The van der Waals surface area contributed by atoms with Crippen LogP contribution in [-0.2, 0) is 14.3 Å². The zero-order valence-electron chi connectivity index (χ0n) is 16.2. The van der Waals surface area contributed by atoms with Crippen LogP contribution in [0.25, 0.3) is 5.76 Å². The van der Waals surface area contributed by atoms with Gasteiger partial charge in [-0.3, -0.25) is 9.59 Å². The van der Waals surface area contributed by atoms with E-state index in [4.69, 9.17) is 9.47 Å². The fraction of sp³-hybridized carbons (Fsp3) is 0.304. The molecule has 0 saturated carbocycles. The molecule has 2 saturated heterocycles. The summed E-state index contributed by atoms with van der Waals surface area (Å²) in [5, 5.41) is 10.9. The number of rotatable bonds is 5. The monoisotopic (exact) mass is 393 g/mol. The zero-order chi connectivity index (χ0) is 20.4. The standard InChI is InChI=1S/C23H23NO5/c1-28-17-11-9-15(10-12-17)20-19(21(25)16-6-3-2-4-7-16)22(26)23(27)24(20)14-18-8-5-13-29-18/h2-4,6-7,9-12,18,20,25H,5,8,13-14H2,1H3/b21-19-. The Labute approximate surface area is 169 Å². The van der Waals surface area contributed by atoms with E-state index in [9.17, 15) is 14.7 Å². The van der Waals surface area contributed by atoms with Crippen molar-refractivity contribution in [3.8, 4) is 5.75 Å². The SMILES string of the molecule is COc1ccc(C2/C(=C(/O)c3ccccc3)C(=O)C(=O)N2CC2CCCO2)cc1. The highest BCUT2D eigenvalue weighted by Gasteiger charge is 2.47. The molecule has 2 aromatic rings. The van der Waals surface area contributed by atoms with Crippen molar-refractivity contribution in [3.63, 3.8) is 0 Å². The van der Waals surface area contributed by atoms with Gasteiger partial charge in [0.2, 0.25) is 0 Å². The van der Waals surface area contributed by atoms with Gasteiger partial charge in [0.1, 0.15) is 11.5 Å². The lowest BCUT2D eigenvalue weighted by molar-refractivity contribution is -0.140. The highest BCUT2D eigenvalue weighted by molar-refractivity contribution is 6.46. The van der Waals surface area contributed by atoms with Crippen LogP contribution in [0.5, 0.6) is 5.75 Å². The van der Waals surface area contributed by atoms with Crippen molar-refractivity contribution in [2.45, 2.75) is 25.0 Å². The summed E-state index contributed by atoms with van der Waals surface area (Å²) in [5.41, 5.74) is 1.34. The van der Waals surface area contributed by atoms with Gasteiger partial charge in [-0.1, -0.05) is 42.5 Å². The molecule has 6 nitrogen and oxygen atoms in total. The average Bonchev–Trinajstić information content (AvgIpc) is 3.36. The van der Waals surface area contributed by atoms with Crippen LogP contribution in [0.2, 0.25) is 0 Å². The molecule has 2 aliphatic heterocycles. The molecule has 2 atom stereocenters. The maximum Gasteiger partial charge on any atom is 0.295 e. The molecule has 0 bridgehead atoms. The third kappa shape index (κ3) is 3.63. The first-order chi connectivity index (χ1) is 14.1. The lowest BCUT2D eigenvalue weighted by atomic mass is 9.95. The number of ether oxygens (including phenoxy) is 2. The molecule has 1 amide bonds. The van der Waals surface area contributed by atoms with Crippen molar-refractivity contribution in [2.75, 3.05) is 20.3 Å². The summed E-state index contributed by atoms with van der Waals surface area (Å²) < 4.78 is 10.9. The number of aliphatic hydroxyl groups is 1. The van der Waals surface area contributed by atoms with E-state index in [1.807, 2.05) is 18.2 Å². The number of carbonyl (C=O) groups is 2. The van der Waals surface area contributed by atoms with Crippen LogP contribution < -0.4 is 4.74 Å². The maximum absolute atomic E-state index is 12.9. The van der Waals surface area contributed by atoms with E-state index in [1.54, 1.807) is 43.5 Å². The molecule has 0 aromatic heterocycles. The molecule has 2 unspecified atom stereocenters. The van der Waals surface area contributed by atoms with Gasteiger partial charge in [0.05, 0.1) is 24.8 Å². The number of ketones is 1. The summed E-state index contributed by atoms with van der Waals surface area (Å²) in [7, 11) is 1.58. The summed E-state index contributed by atoms with van der Waals surface area (Å²) >= 11 is 0. The van der Waals surface area contributed by atoms with Crippen LogP contribution in [0.4, 0.5) is 0 Å². The van der Waals surface area contributed by atoms with Crippen LogP contribution in [0.15, 0.2) is 60.2 Å². The first-order valence-corrected chi connectivity index (χ1v) is 9.69. The first kappa shape index (κ1) is 19.2. The molecule has 6 heteroatoms. The van der Waals surface area contributed by atoms with Crippen LogP contribution in [0.1, 0.15) is 30.0 Å². The van der Waals surface area contributed by atoms with E-state index in [2.05, 4.69) is 0 Å². The van der Waals surface area contributed by atoms with Crippen molar-refractivity contribution in [2.24, 2.45) is 0 Å². The number of benzene rings is 2. The van der Waals surface area contributed by atoms with Crippen molar-refractivity contribution in [1.29, 1.82) is 0 Å². The Morgan fingerprint density at radius 1 is 1.14 bits per heavy atom. The smallest absolute Gasteiger partial charge is 0.295 e. The van der Waals surface area contributed by atoms with Gasteiger partial charge in [0.15, 0.2) is 0 Å². The molecule has 2 aliphatic rings. The predicted molar refractivity (Wildman–Crippen MR) is 107 cm³/mol. The number of methoxy groups -OCH3 is 1. The molecule has 1 N–H and O–H groups in total. The highest BCUT2D eigenvalue weighted by atomic mass is 16.5. The molecule has 2 fully saturated rings. The number of Topliss-reactive ketones (excluding diaryl/α,β-unsaturated/α-hetero) is 1. The Hall–Kier alpha value is -3.12. The van der Waals surface area contributed by atoms with E-state index in [0.717, 1.165) is 18.4 Å². The van der Waals surface area contributed by atoms with E-state index >= 15 is 0 Å². The number of nitrogens with zero attached hydrogens (tertiary/aromatic N) is 1. The number of amides is 1. The van der Waals surface area contributed by atoms with Gasteiger partial charge in [-0.2, -0.15) is 0 Å². The Kier molecular flexibility index (Phi) is 5.36. The average molecular weight is 393 g/mol. The van der Waals surface area contributed by atoms with Crippen LogP contribution in [0.3, 0.4) is 0 Å². The summed E-state index contributed by atoms with van der Waals surface area (Å²) in [6.07, 6.45) is 1.67. The minimum atomic E-state index is -0.676. The minimum absolute atomic E-state index is 0.101. The van der Waals surface area contributed by atoms with Gasteiger partial charge in [-0.05, 0) is 30.5 Å². The largest absolute Gasteiger partial charge is 0.507 e. The van der Waals surface area contributed by atoms with Gasteiger partial charge in [0.25, 0.3) is 11.7 Å². The summed E-state index contributed by atoms with van der Waals surface area (Å²) in [5.74, 6) is -0.781. The fourth-order valence-corrected chi connectivity index (χ4v) is 3.96. The van der Waals surface area contributed by atoms with Crippen molar-refractivity contribution < 1.29 is 24.2 Å². The zero-order valence-corrected chi connectivity index (χ0v) is 16.2. The molecular weight excluding hydrogens is 370 g/mol. The molecule has 2 aromatic carbocycles. The Balaban J connectivity index is 1.80. The number of aliphatic hydroxyl groups excluding tert-OH is 1. The Morgan fingerprint density at radius 3 is 2.48 bits per heavy atom. The minimum Gasteiger partial charge on any atom is -0.507 e. The van der Waals surface area contributed by atoms with Crippen molar-refractivity contribution >= 4 is 17.4 Å². The predicted octanol–water partition coefficient (Wildman–Crippen LogP) is 3.30.